The van der Waals surface area contributed by atoms with Crippen molar-refractivity contribution in [3.63, 3.8) is 0 Å². The lowest BCUT2D eigenvalue weighted by molar-refractivity contribution is -0.384. The van der Waals surface area contributed by atoms with Gasteiger partial charge in [-0.15, -0.1) is 0 Å². The summed E-state index contributed by atoms with van der Waals surface area (Å²) in [6.07, 6.45) is 0. The fourth-order valence-corrected chi connectivity index (χ4v) is 1.75. The molecule has 0 saturated heterocycles. The highest BCUT2D eigenvalue weighted by atomic mass is 16.6. The maximum absolute atomic E-state index is 12.3. The van der Waals surface area contributed by atoms with Crippen molar-refractivity contribution in [2.75, 3.05) is 20.7 Å². The van der Waals surface area contributed by atoms with Gasteiger partial charge in [-0.2, -0.15) is 0 Å². The summed E-state index contributed by atoms with van der Waals surface area (Å²) < 4.78 is 5.02. The van der Waals surface area contributed by atoms with Crippen LogP contribution < -0.4 is 4.74 Å². The van der Waals surface area contributed by atoms with Gasteiger partial charge in [0.1, 0.15) is 5.75 Å². The van der Waals surface area contributed by atoms with E-state index in [2.05, 4.69) is 0 Å². The number of nitro groups is 1. The highest BCUT2D eigenvalue weighted by Gasteiger charge is 2.23. The molecule has 8 heteroatoms. The van der Waals surface area contributed by atoms with Crippen LogP contribution in [0.3, 0.4) is 0 Å². The summed E-state index contributed by atoms with van der Waals surface area (Å²) >= 11 is 0. The predicted molar refractivity (Wildman–Crippen MR) is 73.4 cm³/mol. The zero-order valence-electron chi connectivity index (χ0n) is 11.9. The molecule has 0 heterocycles. The molecule has 1 aromatic carbocycles. The number of hydrogen-bond acceptors (Lipinski definition) is 5. The fraction of sp³-hybridized carbons (Fsp3) is 0.385. The molecule has 1 unspecified atom stereocenters. The minimum Gasteiger partial charge on any atom is -0.496 e. The van der Waals surface area contributed by atoms with Gasteiger partial charge in [0.25, 0.3) is 11.6 Å². The van der Waals surface area contributed by atoms with Crippen molar-refractivity contribution < 1.29 is 24.4 Å². The maximum atomic E-state index is 12.3. The summed E-state index contributed by atoms with van der Waals surface area (Å²) in [7, 11) is 2.78. The lowest BCUT2D eigenvalue weighted by atomic mass is 10.1. The molecular weight excluding hydrogens is 280 g/mol. The molecule has 1 rings (SSSR count). The Balaban J connectivity index is 3.07. The Bertz CT molecular complexity index is 572. The molecule has 0 aliphatic carbocycles. The first-order valence-electron chi connectivity index (χ1n) is 6.08. The molecule has 0 spiro atoms. The fourth-order valence-electron chi connectivity index (χ4n) is 1.75. The second-order valence-electron chi connectivity index (χ2n) is 4.57. The molecule has 0 bridgehead atoms. The van der Waals surface area contributed by atoms with E-state index < -0.39 is 22.7 Å². The van der Waals surface area contributed by atoms with Crippen LogP contribution in [-0.4, -0.2) is 47.5 Å². The van der Waals surface area contributed by atoms with E-state index >= 15 is 0 Å². The number of rotatable bonds is 6. The van der Waals surface area contributed by atoms with Crippen molar-refractivity contribution in [3.05, 3.63) is 33.9 Å². The second kappa shape index (κ2) is 6.69. The molecule has 0 aliphatic rings. The van der Waals surface area contributed by atoms with E-state index in [1.54, 1.807) is 0 Å². The van der Waals surface area contributed by atoms with Crippen LogP contribution in [0.25, 0.3) is 0 Å². The van der Waals surface area contributed by atoms with Gasteiger partial charge in [0.05, 0.1) is 23.5 Å². The molecular formula is C13H16N2O6. The summed E-state index contributed by atoms with van der Waals surface area (Å²) in [5.41, 5.74) is -0.217. The lowest BCUT2D eigenvalue weighted by Crippen LogP contribution is -2.33. The minimum absolute atomic E-state index is 0.0139. The third-order valence-electron chi connectivity index (χ3n) is 2.94. The molecule has 1 aromatic rings. The highest BCUT2D eigenvalue weighted by molar-refractivity contribution is 5.97. The summed E-state index contributed by atoms with van der Waals surface area (Å²) in [5.74, 6) is -2.12. The molecule has 8 nitrogen and oxygen atoms in total. The minimum atomic E-state index is -1.03. The van der Waals surface area contributed by atoms with Gasteiger partial charge >= 0.3 is 5.97 Å². The van der Waals surface area contributed by atoms with Crippen molar-refractivity contribution in [2.45, 2.75) is 6.92 Å². The number of ether oxygens (including phenoxy) is 1. The molecule has 1 atom stereocenters. The average Bonchev–Trinajstić information content (AvgIpc) is 2.45. The Morgan fingerprint density at radius 1 is 1.48 bits per heavy atom. The molecule has 0 saturated carbocycles. The molecule has 0 aromatic heterocycles. The van der Waals surface area contributed by atoms with Crippen molar-refractivity contribution in [1.82, 2.24) is 4.90 Å². The Hall–Kier alpha value is -2.64. The van der Waals surface area contributed by atoms with Crippen molar-refractivity contribution in [1.29, 1.82) is 0 Å². The Kier molecular flexibility index (Phi) is 5.23. The average molecular weight is 296 g/mol. The number of carbonyl (C=O) groups excluding carboxylic acids is 1. The van der Waals surface area contributed by atoms with E-state index in [0.29, 0.717) is 0 Å². The number of carboxylic acids is 1. The maximum Gasteiger partial charge on any atom is 0.308 e. The molecule has 0 aliphatic heterocycles. The summed E-state index contributed by atoms with van der Waals surface area (Å²) in [6.45, 7) is 1.46. The topological polar surface area (TPSA) is 110 Å². The number of carboxylic acid groups (broad SMARTS) is 1. The third kappa shape index (κ3) is 3.91. The smallest absolute Gasteiger partial charge is 0.308 e. The first kappa shape index (κ1) is 16.4. The van der Waals surface area contributed by atoms with Gasteiger partial charge in [0, 0.05) is 25.7 Å². The van der Waals surface area contributed by atoms with Crippen LogP contribution in [0.2, 0.25) is 0 Å². The first-order valence-corrected chi connectivity index (χ1v) is 6.08. The number of hydrogen-bond donors (Lipinski definition) is 1. The zero-order chi connectivity index (χ0) is 16.2. The largest absolute Gasteiger partial charge is 0.496 e. The van der Waals surface area contributed by atoms with Gasteiger partial charge in [0.15, 0.2) is 0 Å². The molecule has 114 valence electrons. The van der Waals surface area contributed by atoms with Crippen molar-refractivity contribution in [2.24, 2.45) is 5.92 Å². The normalized spacial score (nSPS) is 11.6. The van der Waals surface area contributed by atoms with Gasteiger partial charge < -0.3 is 14.7 Å². The number of nitro benzene ring substituents is 1. The number of benzene rings is 1. The summed E-state index contributed by atoms with van der Waals surface area (Å²) in [5, 5.41) is 19.6. The Morgan fingerprint density at radius 2 is 2.10 bits per heavy atom. The van der Waals surface area contributed by atoms with Crippen molar-refractivity contribution in [3.8, 4) is 5.75 Å². The van der Waals surface area contributed by atoms with Gasteiger partial charge in [-0.1, -0.05) is 6.92 Å². The van der Waals surface area contributed by atoms with Crippen LogP contribution in [0.15, 0.2) is 18.2 Å². The lowest BCUT2D eigenvalue weighted by Gasteiger charge is -2.20. The van der Waals surface area contributed by atoms with Crippen LogP contribution in [0.4, 0.5) is 5.69 Å². The molecule has 1 amide bonds. The Labute approximate surface area is 121 Å². The van der Waals surface area contributed by atoms with E-state index in [1.165, 1.54) is 38.1 Å². The number of amides is 1. The van der Waals surface area contributed by atoms with Crippen LogP contribution in [0, 0.1) is 16.0 Å². The van der Waals surface area contributed by atoms with Crippen LogP contribution in [-0.2, 0) is 4.79 Å². The van der Waals surface area contributed by atoms with E-state index in [0.717, 1.165) is 6.07 Å². The van der Waals surface area contributed by atoms with Gasteiger partial charge in [-0.05, 0) is 6.07 Å². The molecule has 1 N–H and O–H groups in total. The number of carbonyl (C=O) groups is 2. The van der Waals surface area contributed by atoms with Crippen LogP contribution in [0.5, 0.6) is 5.75 Å². The number of methoxy groups -OCH3 is 1. The quantitative estimate of drug-likeness (QED) is 0.627. The van der Waals surface area contributed by atoms with Gasteiger partial charge in [0.2, 0.25) is 0 Å². The number of aliphatic carboxylic acids is 1. The van der Waals surface area contributed by atoms with E-state index in [1.807, 2.05) is 0 Å². The summed E-state index contributed by atoms with van der Waals surface area (Å²) in [4.78, 5) is 34.5. The Morgan fingerprint density at radius 3 is 2.57 bits per heavy atom. The third-order valence-corrected chi connectivity index (χ3v) is 2.94. The number of nitrogens with zero attached hydrogens (tertiary/aromatic N) is 2. The van der Waals surface area contributed by atoms with Crippen LogP contribution in [0.1, 0.15) is 17.3 Å². The first-order chi connectivity index (χ1) is 9.77. The SMILES string of the molecule is COc1ccc([N+](=O)[O-])cc1C(=O)N(C)CC(C)C(=O)O. The molecule has 0 fully saturated rings. The van der Waals surface area contributed by atoms with Gasteiger partial charge in [-0.3, -0.25) is 19.7 Å². The standard InChI is InChI=1S/C13H16N2O6/c1-8(13(17)18)7-14(2)12(16)10-6-9(15(19)20)4-5-11(10)21-3/h4-6,8H,7H2,1-3H3,(H,17,18). The summed E-state index contributed by atoms with van der Waals surface area (Å²) in [6, 6.07) is 3.68. The van der Waals surface area contributed by atoms with Gasteiger partial charge in [-0.25, -0.2) is 0 Å². The highest BCUT2D eigenvalue weighted by Crippen LogP contribution is 2.25. The monoisotopic (exact) mass is 296 g/mol. The van der Waals surface area contributed by atoms with Crippen LogP contribution >= 0.6 is 0 Å². The van der Waals surface area contributed by atoms with E-state index in [-0.39, 0.29) is 23.5 Å². The molecule has 21 heavy (non-hydrogen) atoms. The van der Waals surface area contributed by atoms with Crippen molar-refractivity contribution >= 4 is 17.6 Å². The molecule has 0 radical (unpaired) electrons. The van der Waals surface area contributed by atoms with E-state index in [4.69, 9.17) is 9.84 Å². The predicted octanol–water partition coefficient (Wildman–Crippen LogP) is 1.40. The zero-order valence-corrected chi connectivity index (χ0v) is 11.9. The number of non-ortho nitro benzene ring substituents is 1. The van der Waals surface area contributed by atoms with E-state index in [9.17, 15) is 19.7 Å². The second-order valence-corrected chi connectivity index (χ2v) is 4.57.